The average Bonchev–Trinajstić information content (AvgIpc) is 3.89. The van der Waals surface area contributed by atoms with Crippen molar-refractivity contribution in [2.75, 3.05) is 25.4 Å². The molecule has 1 unspecified atom stereocenters. The van der Waals surface area contributed by atoms with Gasteiger partial charge in [-0.15, -0.1) is 0 Å². The number of hydrogen-bond donors (Lipinski definition) is 12. The van der Waals surface area contributed by atoms with Crippen LogP contribution in [-0.2, 0) is 51.2 Å². The van der Waals surface area contributed by atoms with Crippen LogP contribution in [0.5, 0.6) is 5.75 Å². The number of hydroxylamine groups is 1. The maximum Gasteiger partial charge on any atom is 0.315 e. The molecule has 2 aromatic rings. The Kier molecular flexibility index (Phi) is 23.7. The van der Waals surface area contributed by atoms with Gasteiger partial charge in [0.05, 0.1) is 25.2 Å². The monoisotopic (exact) mass is 994 g/mol. The normalized spacial score (nSPS) is 17.6. The molecule has 0 spiro atoms. The van der Waals surface area contributed by atoms with Crippen molar-refractivity contribution in [2.24, 2.45) is 17.6 Å². The van der Waals surface area contributed by atoms with Crippen molar-refractivity contribution in [2.45, 2.75) is 133 Å². The Hall–Kier alpha value is -6.42. The van der Waals surface area contributed by atoms with Gasteiger partial charge in [-0.3, -0.25) is 43.6 Å². The van der Waals surface area contributed by atoms with E-state index in [1.54, 1.807) is 17.6 Å². The molecule has 2 aliphatic rings. The number of primary amides is 1. The molecule has 22 heteroatoms. The summed E-state index contributed by atoms with van der Waals surface area (Å²) in [6.07, 6.45) is 5.25. The van der Waals surface area contributed by atoms with E-state index in [0.29, 0.717) is 49.5 Å². The minimum Gasteiger partial charge on any atom is -0.508 e. The maximum atomic E-state index is 13.9. The van der Waals surface area contributed by atoms with Crippen molar-refractivity contribution in [3.05, 3.63) is 65.7 Å². The molecule has 7 atom stereocenters. The van der Waals surface area contributed by atoms with E-state index < -0.39 is 78.5 Å². The smallest absolute Gasteiger partial charge is 0.315 e. The minimum absolute atomic E-state index is 0.0265. The molecule has 70 heavy (non-hydrogen) atoms. The van der Waals surface area contributed by atoms with Crippen LogP contribution >= 0.6 is 11.8 Å². The first kappa shape index (κ1) is 56.2. The highest BCUT2D eigenvalue weighted by atomic mass is 32.2. The van der Waals surface area contributed by atoms with E-state index in [1.807, 2.05) is 55.9 Å². The number of rotatable bonds is 31. The van der Waals surface area contributed by atoms with Gasteiger partial charge in [-0.05, 0) is 87.0 Å². The molecule has 2 aliphatic heterocycles. The first-order valence-electron chi connectivity index (χ1n) is 23.9. The Morgan fingerprint density at radius 2 is 1.43 bits per heavy atom. The number of hydrogen-bond acceptors (Lipinski definition) is 12. The van der Waals surface area contributed by atoms with Crippen LogP contribution in [0.15, 0.2) is 54.6 Å². The van der Waals surface area contributed by atoms with Gasteiger partial charge in [0.25, 0.3) is 0 Å². The fourth-order valence-electron chi connectivity index (χ4n) is 8.26. The summed E-state index contributed by atoms with van der Waals surface area (Å²) in [7, 11) is 0. The highest BCUT2D eigenvalue weighted by molar-refractivity contribution is 8.00. The molecule has 384 valence electrons. The number of aryl methyl sites for hydroxylation is 1. The highest BCUT2D eigenvalue weighted by Crippen LogP contribution is 2.33. The summed E-state index contributed by atoms with van der Waals surface area (Å²) >= 11 is 1.83. The van der Waals surface area contributed by atoms with Crippen molar-refractivity contribution in [1.29, 1.82) is 0 Å². The quantitative estimate of drug-likeness (QED) is 0.0215. The minimum atomic E-state index is -1.28. The summed E-state index contributed by atoms with van der Waals surface area (Å²) in [5, 5.41) is 40.9. The van der Waals surface area contributed by atoms with Gasteiger partial charge in [-0.1, -0.05) is 62.7 Å². The Bertz CT molecular complexity index is 2080. The van der Waals surface area contributed by atoms with Gasteiger partial charge in [0.15, 0.2) is 0 Å². The molecule has 13 N–H and O–H groups in total. The van der Waals surface area contributed by atoms with Gasteiger partial charge in [0, 0.05) is 42.7 Å². The Labute approximate surface area is 412 Å². The fourth-order valence-corrected chi connectivity index (χ4v) is 9.80. The Morgan fingerprint density at radius 3 is 2.13 bits per heavy atom. The second-order valence-corrected chi connectivity index (χ2v) is 19.4. The first-order valence-corrected chi connectivity index (χ1v) is 25.0. The van der Waals surface area contributed by atoms with Gasteiger partial charge in [0.2, 0.25) is 47.3 Å². The van der Waals surface area contributed by atoms with Gasteiger partial charge in [0.1, 0.15) is 23.9 Å². The van der Waals surface area contributed by atoms with Crippen molar-refractivity contribution < 1.29 is 53.5 Å². The fraction of sp³-hybridized carbons (Fsp3) is 0.562. The molecule has 2 saturated heterocycles. The molecule has 0 radical (unpaired) electrons. The van der Waals surface area contributed by atoms with E-state index in [9.17, 15) is 53.5 Å². The van der Waals surface area contributed by atoms with Gasteiger partial charge in [-0.25, -0.2) is 10.3 Å². The standard InChI is InChI=1S/C48H70N10O11S/c1-29(2)23-35(54-45(65)32(25-40(61)58-69)14-10-13-30-11-4-3-5-12-30)47(67)55-36(24-31-18-20-33(59)21-19-31)46(66)52-26-41(62)51-27-42(63)53-34(44(49)64)15-8-9-22-50-39(60)17-7-6-16-38-43-37(28-70-38)56-48(68)57-43/h3-5,11-12,18-21,29,32,34-38,43,59,69H,6-10,13-17,22-28H2,1-2H3,(H2,49,64)(H,50,60)(H,51,62)(H,52,66)(H,53,63)(H,54,65)(H,55,67)(H,58,61)(H2,56,57,68)/t32?,34-,35-,36-,37-,38-,43-/m0/s1. The predicted octanol–water partition coefficient (Wildman–Crippen LogP) is 0.700. The number of fused-ring (bicyclic) bond motifs is 1. The van der Waals surface area contributed by atoms with Gasteiger partial charge >= 0.3 is 6.03 Å². The van der Waals surface area contributed by atoms with Crippen LogP contribution in [0.4, 0.5) is 4.79 Å². The van der Waals surface area contributed by atoms with Crippen molar-refractivity contribution in [3.8, 4) is 5.75 Å². The lowest BCUT2D eigenvalue weighted by atomic mass is 9.94. The number of benzene rings is 2. The number of nitrogens with two attached hydrogens (primary N) is 1. The number of nitrogens with one attached hydrogen (secondary N) is 9. The lowest BCUT2D eigenvalue weighted by molar-refractivity contribution is -0.137. The number of carbonyl (C=O) groups excluding carboxylic acids is 9. The molecule has 0 aliphatic carbocycles. The van der Waals surface area contributed by atoms with E-state index in [0.717, 1.165) is 30.6 Å². The third-order valence-corrected chi connectivity index (χ3v) is 13.5. The van der Waals surface area contributed by atoms with Crippen LogP contribution in [-0.4, -0.2) is 124 Å². The van der Waals surface area contributed by atoms with E-state index in [1.165, 1.54) is 12.1 Å². The summed E-state index contributed by atoms with van der Waals surface area (Å²) in [6, 6.07) is 12.2. The number of aromatic hydroxyl groups is 1. The molecule has 4 rings (SSSR count). The predicted molar refractivity (Wildman–Crippen MR) is 261 cm³/mol. The molecule has 2 aromatic carbocycles. The highest BCUT2D eigenvalue weighted by Gasteiger charge is 2.42. The number of phenolic OH excluding ortho intramolecular Hbond substituents is 1. The number of unbranched alkanes of at least 4 members (excludes halogenated alkanes) is 2. The third kappa shape index (κ3) is 20.3. The maximum absolute atomic E-state index is 13.9. The van der Waals surface area contributed by atoms with Gasteiger partial charge < -0.3 is 53.4 Å². The van der Waals surface area contributed by atoms with Crippen LogP contribution in [0.2, 0.25) is 0 Å². The number of thioether (sulfide) groups is 1. The molecule has 2 heterocycles. The largest absolute Gasteiger partial charge is 0.508 e. The van der Waals surface area contributed by atoms with Crippen molar-refractivity contribution in [3.63, 3.8) is 0 Å². The summed E-state index contributed by atoms with van der Waals surface area (Å²) in [5.41, 5.74) is 8.68. The van der Waals surface area contributed by atoms with E-state index in [-0.39, 0.29) is 67.8 Å². The third-order valence-electron chi connectivity index (χ3n) is 12.0. The van der Waals surface area contributed by atoms with Crippen LogP contribution in [0.25, 0.3) is 0 Å². The van der Waals surface area contributed by atoms with Crippen LogP contribution in [0.1, 0.15) is 95.6 Å². The molecule has 21 nitrogen and oxygen atoms in total. The molecular formula is C48H70N10O11S. The molecule has 0 saturated carbocycles. The summed E-state index contributed by atoms with van der Waals surface area (Å²) in [4.78, 5) is 115. The van der Waals surface area contributed by atoms with E-state index in [2.05, 4.69) is 42.5 Å². The van der Waals surface area contributed by atoms with Crippen LogP contribution < -0.4 is 53.7 Å². The van der Waals surface area contributed by atoms with Crippen LogP contribution in [0, 0.1) is 11.8 Å². The lowest BCUT2D eigenvalue weighted by Crippen LogP contribution is -2.56. The van der Waals surface area contributed by atoms with E-state index >= 15 is 0 Å². The number of carbonyl (C=O) groups is 9. The molecule has 2 fully saturated rings. The Balaban J connectivity index is 1.22. The topological polar surface area (TPSA) is 328 Å². The average molecular weight is 995 g/mol. The molecule has 0 bridgehead atoms. The first-order chi connectivity index (χ1) is 33.5. The van der Waals surface area contributed by atoms with Crippen molar-refractivity contribution >= 4 is 65.1 Å². The second-order valence-electron chi connectivity index (χ2n) is 18.2. The molecule has 0 aromatic heterocycles. The molecular weight excluding hydrogens is 925 g/mol. The van der Waals surface area contributed by atoms with Crippen molar-refractivity contribution in [1.82, 2.24) is 48.0 Å². The number of amides is 10. The zero-order valence-electron chi connectivity index (χ0n) is 39.9. The SMILES string of the molecule is CC(C)C[C@H](NC(=O)C(CCCc1ccccc1)CC(=O)NO)C(=O)N[C@@H](Cc1ccc(O)cc1)C(=O)NCC(=O)NCC(=O)N[C@@H](CCCCNC(=O)CCCC[C@@H]1SC[C@@H]2NC(=O)N[C@@H]21)C(N)=O. The van der Waals surface area contributed by atoms with Gasteiger partial charge in [-0.2, -0.15) is 11.8 Å². The van der Waals surface area contributed by atoms with Crippen LogP contribution in [0.3, 0.4) is 0 Å². The summed E-state index contributed by atoms with van der Waals surface area (Å²) < 4.78 is 0. The van der Waals surface area contributed by atoms with E-state index in [4.69, 9.17) is 5.73 Å². The lowest BCUT2D eigenvalue weighted by Gasteiger charge is -2.26. The summed E-state index contributed by atoms with van der Waals surface area (Å²) in [5.74, 6) is -5.29. The zero-order chi connectivity index (χ0) is 51.0. The Morgan fingerprint density at radius 1 is 0.714 bits per heavy atom. The number of urea groups is 1. The summed E-state index contributed by atoms with van der Waals surface area (Å²) in [6.45, 7) is 2.92. The second kappa shape index (κ2) is 29.6. The zero-order valence-corrected chi connectivity index (χ0v) is 40.7. The molecule has 10 amide bonds. The number of phenols is 1.